The first-order valence-corrected chi connectivity index (χ1v) is 8.20. The molecule has 0 aliphatic rings. The summed E-state index contributed by atoms with van der Waals surface area (Å²) in [6.45, 7) is 6.39. The number of pyridine rings is 1. The molecule has 1 N–H and O–H groups in total. The van der Waals surface area contributed by atoms with Crippen molar-refractivity contribution in [2.24, 2.45) is 0 Å². The summed E-state index contributed by atoms with van der Waals surface area (Å²) in [6, 6.07) is 12.7. The third-order valence-electron chi connectivity index (χ3n) is 3.86. The maximum atomic E-state index is 12.8. The molecule has 0 radical (unpaired) electrons. The molecule has 2 amide bonds. The first kappa shape index (κ1) is 17.7. The van der Waals surface area contributed by atoms with Crippen molar-refractivity contribution in [2.45, 2.75) is 33.2 Å². The highest BCUT2D eigenvalue weighted by Gasteiger charge is 2.18. The molecule has 1 unspecified atom stereocenters. The minimum atomic E-state index is -0.262. The summed E-state index contributed by atoms with van der Waals surface area (Å²) in [5.74, 6) is -0.412. The van der Waals surface area contributed by atoms with E-state index >= 15 is 0 Å². The lowest BCUT2D eigenvalue weighted by Gasteiger charge is -2.21. The minimum Gasteiger partial charge on any atom is -0.348 e. The predicted octanol–water partition coefficient (Wildman–Crippen LogP) is 3.28. The summed E-state index contributed by atoms with van der Waals surface area (Å²) in [6.07, 6.45) is 2.33. The van der Waals surface area contributed by atoms with Gasteiger partial charge in [-0.25, -0.2) is 0 Å². The van der Waals surface area contributed by atoms with Crippen LogP contribution in [0.25, 0.3) is 0 Å². The van der Waals surface area contributed by atoms with Crippen molar-refractivity contribution >= 4 is 17.5 Å². The molecule has 0 aliphatic carbocycles. The summed E-state index contributed by atoms with van der Waals surface area (Å²) in [5.41, 5.74) is 1.53. The average Bonchev–Trinajstić information content (AvgIpc) is 2.63. The maximum absolute atomic E-state index is 12.8. The van der Waals surface area contributed by atoms with E-state index in [1.807, 2.05) is 51.1 Å². The summed E-state index contributed by atoms with van der Waals surface area (Å²) in [7, 11) is 0. The van der Waals surface area contributed by atoms with E-state index in [2.05, 4.69) is 10.3 Å². The van der Waals surface area contributed by atoms with Crippen molar-refractivity contribution < 1.29 is 9.59 Å². The van der Waals surface area contributed by atoms with E-state index < -0.39 is 0 Å². The van der Waals surface area contributed by atoms with E-state index in [9.17, 15) is 9.59 Å². The van der Waals surface area contributed by atoms with Gasteiger partial charge in [0, 0.05) is 30.0 Å². The Hall–Kier alpha value is -2.69. The monoisotopic (exact) mass is 325 g/mol. The van der Waals surface area contributed by atoms with Crippen LogP contribution in [0.1, 0.15) is 48.0 Å². The van der Waals surface area contributed by atoms with Crippen LogP contribution in [0.5, 0.6) is 0 Å². The fraction of sp³-hybridized carbons (Fsp3) is 0.316. The fourth-order valence-electron chi connectivity index (χ4n) is 2.29. The first-order valence-electron chi connectivity index (χ1n) is 8.20. The third kappa shape index (κ3) is 4.19. The molecule has 24 heavy (non-hydrogen) atoms. The Labute approximate surface area is 142 Å². The van der Waals surface area contributed by atoms with Gasteiger partial charge in [-0.15, -0.1) is 0 Å². The number of hydrogen-bond acceptors (Lipinski definition) is 3. The Morgan fingerprint density at radius 3 is 2.50 bits per heavy atom. The SMILES string of the molecule is CCC(C)NC(=O)c1cc(C(=O)N(CC)c2ccccc2)ccn1. The molecule has 0 bridgehead atoms. The first-order chi connectivity index (χ1) is 11.6. The fourth-order valence-corrected chi connectivity index (χ4v) is 2.29. The smallest absolute Gasteiger partial charge is 0.270 e. The highest BCUT2D eigenvalue weighted by atomic mass is 16.2. The van der Waals surface area contributed by atoms with Crippen molar-refractivity contribution in [1.29, 1.82) is 0 Å². The van der Waals surface area contributed by atoms with Crippen molar-refractivity contribution in [3.05, 3.63) is 59.9 Å². The van der Waals surface area contributed by atoms with Gasteiger partial charge < -0.3 is 10.2 Å². The van der Waals surface area contributed by atoms with E-state index in [-0.39, 0.29) is 23.6 Å². The molecule has 0 aliphatic heterocycles. The molecule has 5 heteroatoms. The zero-order valence-electron chi connectivity index (χ0n) is 14.3. The molecule has 0 saturated carbocycles. The molecule has 1 atom stereocenters. The zero-order chi connectivity index (χ0) is 17.5. The predicted molar refractivity (Wildman–Crippen MR) is 95.2 cm³/mol. The van der Waals surface area contributed by atoms with Crippen LogP contribution in [-0.2, 0) is 0 Å². The second kappa shape index (κ2) is 8.24. The Kier molecular flexibility index (Phi) is 6.07. The molecule has 0 spiro atoms. The highest BCUT2D eigenvalue weighted by molar-refractivity contribution is 6.07. The molecule has 1 aromatic heterocycles. The lowest BCUT2D eigenvalue weighted by atomic mass is 10.1. The number of aromatic nitrogens is 1. The van der Waals surface area contributed by atoms with E-state index in [1.165, 1.54) is 6.20 Å². The van der Waals surface area contributed by atoms with Gasteiger partial charge in [0.05, 0.1) is 0 Å². The highest BCUT2D eigenvalue weighted by Crippen LogP contribution is 2.16. The van der Waals surface area contributed by atoms with Gasteiger partial charge in [-0.3, -0.25) is 14.6 Å². The summed E-state index contributed by atoms with van der Waals surface area (Å²) >= 11 is 0. The number of benzene rings is 1. The van der Waals surface area contributed by atoms with Crippen LogP contribution in [0.4, 0.5) is 5.69 Å². The molecule has 1 aromatic carbocycles. The molecule has 0 fully saturated rings. The van der Waals surface area contributed by atoms with Crippen molar-refractivity contribution in [2.75, 3.05) is 11.4 Å². The second-order valence-corrected chi connectivity index (χ2v) is 5.60. The number of carbonyl (C=O) groups is 2. The van der Waals surface area contributed by atoms with E-state index in [0.717, 1.165) is 12.1 Å². The third-order valence-corrected chi connectivity index (χ3v) is 3.86. The largest absolute Gasteiger partial charge is 0.348 e. The Morgan fingerprint density at radius 2 is 1.88 bits per heavy atom. The van der Waals surface area contributed by atoms with Crippen LogP contribution in [0.15, 0.2) is 48.7 Å². The second-order valence-electron chi connectivity index (χ2n) is 5.60. The van der Waals surface area contributed by atoms with Crippen molar-refractivity contribution in [1.82, 2.24) is 10.3 Å². The minimum absolute atomic E-state index is 0.0649. The van der Waals surface area contributed by atoms with Crippen molar-refractivity contribution in [3.8, 4) is 0 Å². The molecule has 0 saturated heterocycles. The standard InChI is InChI=1S/C19H23N3O2/c1-4-14(3)21-18(23)17-13-15(11-12-20-17)19(24)22(5-2)16-9-7-6-8-10-16/h6-14H,4-5H2,1-3H3,(H,21,23). The van der Waals surface area contributed by atoms with Crippen LogP contribution < -0.4 is 10.2 Å². The van der Waals surface area contributed by atoms with Gasteiger partial charge in [0.2, 0.25) is 0 Å². The number of amides is 2. The van der Waals surface area contributed by atoms with E-state index in [1.54, 1.807) is 17.0 Å². The summed E-state index contributed by atoms with van der Waals surface area (Å²) < 4.78 is 0. The number of para-hydroxylation sites is 1. The molecular weight excluding hydrogens is 302 g/mol. The lowest BCUT2D eigenvalue weighted by molar-refractivity contribution is 0.0934. The van der Waals surface area contributed by atoms with Gasteiger partial charge in [0.15, 0.2) is 0 Å². The van der Waals surface area contributed by atoms with Crippen LogP contribution in [0.2, 0.25) is 0 Å². The molecular formula is C19H23N3O2. The molecule has 2 rings (SSSR count). The van der Waals surface area contributed by atoms with Gasteiger partial charge in [-0.05, 0) is 44.5 Å². The number of anilines is 1. The van der Waals surface area contributed by atoms with Gasteiger partial charge in [0.1, 0.15) is 5.69 Å². The molecule has 2 aromatic rings. The topological polar surface area (TPSA) is 62.3 Å². The van der Waals surface area contributed by atoms with Gasteiger partial charge in [-0.2, -0.15) is 0 Å². The number of hydrogen-bond donors (Lipinski definition) is 1. The molecule has 5 nitrogen and oxygen atoms in total. The van der Waals surface area contributed by atoms with Crippen LogP contribution in [0.3, 0.4) is 0 Å². The lowest BCUT2D eigenvalue weighted by Crippen LogP contribution is -2.33. The number of carbonyl (C=O) groups excluding carboxylic acids is 2. The Morgan fingerprint density at radius 1 is 1.17 bits per heavy atom. The van der Waals surface area contributed by atoms with Crippen LogP contribution in [0, 0.1) is 0 Å². The van der Waals surface area contributed by atoms with E-state index in [4.69, 9.17) is 0 Å². The zero-order valence-corrected chi connectivity index (χ0v) is 14.3. The summed E-state index contributed by atoms with van der Waals surface area (Å²) in [5, 5.41) is 2.86. The molecule has 1 heterocycles. The van der Waals surface area contributed by atoms with Crippen LogP contribution >= 0.6 is 0 Å². The van der Waals surface area contributed by atoms with Crippen LogP contribution in [-0.4, -0.2) is 29.4 Å². The summed E-state index contributed by atoms with van der Waals surface area (Å²) in [4.78, 5) is 30.8. The van der Waals surface area contributed by atoms with Gasteiger partial charge in [0.25, 0.3) is 11.8 Å². The van der Waals surface area contributed by atoms with Gasteiger partial charge >= 0.3 is 0 Å². The number of nitrogens with zero attached hydrogens (tertiary/aromatic N) is 2. The van der Waals surface area contributed by atoms with Gasteiger partial charge in [-0.1, -0.05) is 25.1 Å². The Balaban J connectivity index is 2.24. The normalized spacial score (nSPS) is 11.6. The maximum Gasteiger partial charge on any atom is 0.270 e. The quantitative estimate of drug-likeness (QED) is 0.886. The average molecular weight is 325 g/mol. The molecule has 126 valence electrons. The van der Waals surface area contributed by atoms with E-state index in [0.29, 0.717) is 12.1 Å². The van der Waals surface area contributed by atoms with Crippen molar-refractivity contribution in [3.63, 3.8) is 0 Å². The number of rotatable bonds is 6. The Bertz CT molecular complexity index is 701. The number of nitrogens with one attached hydrogen (secondary N) is 1.